The Morgan fingerprint density at radius 1 is 1.21 bits per heavy atom. The van der Waals surface area contributed by atoms with Crippen molar-refractivity contribution in [3.8, 4) is 5.75 Å². The highest BCUT2D eigenvalue weighted by Gasteiger charge is 2.21. The number of aliphatic carboxylic acids is 1. The fourth-order valence-corrected chi connectivity index (χ4v) is 4.12. The van der Waals surface area contributed by atoms with Crippen molar-refractivity contribution in [2.45, 2.75) is 32.7 Å². The Hall–Kier alpha value is -4.07. The van der Waals surface area contributed by atoms with Gasteiger partial charge in [-0.1, -0.05) is 18.2 Å². The van der Waals surface area contributed by atoms with E-state index >= 15 is 0 Å². The molecule has 8 nitrogen and oxygen atoms in total. The molecule has 0 aliphatic rings. The summed E-state index contributed by atoms with van der Waals surface area (Å²) < 4.78 is 10.9. The predicted octanol–water partition coefficient (Wildman–Crippen LogP) is 1.92. The molecule has 1 atom stereocenters. The summed E-state index contributed by atoms with van der Waals surface area (Å²) in [6, 6.07) is 9.74. The largest absolute Gasteiger partial charge is 0.548 e. The first-order chi connectivity index (χ1) is 15.8. The van der Waals surface area contributed by atoms with Gasteiger partial charge in [-0.15, -0.1) is 0 Å². The number of fused-ring (bicyclic) bond motifs is 2. The van der Waals surface area contributed by atoms with E-state index in [1.807, 2.05) is 37.3 Å². The SMILES string of the molecule is COc1cc(C)cc2oc(=O)c(CC(=O)N[C@@H](Cc3c[nH]c4ccccc34)C(=O)[O-])c(C)c12. The fourth-order valence-electron chi connectivity index (χ4n) is 4.12. The topological polar surface area (TPSA) is 124 Å². The van der Waals surface area contributed by atoms with E-state index in [-0.39, 0.29) is 18.4 Å². The van der Waals surface area contributed by atoms with E-state index in [9.17, 15) is 19.5 Å². The molecule has 0 unspecified atom stereocenters. The van der Waals surface area contributed by atoms with Gasteiger partial charge in [0.15, 0.2) is 0 Å². The van der Waals surface area contributed by atoms with Crippen LogP contribution in [0.4, 0.5) is 0 Å². The van der Waals surface area contributed by atoms with E-state index in [1.165, 1.54) is 7.11 Å². The molecule has 2 aromatic heterocycles. The molecule has 2 N–H and O–H groups in total. The number of H-pyrrole nitrogens is 1. The average molecular weight is 447 g/mol. The first-order valence-electron chi connectivity index (χ1n) is 10.4. The van der Waals surface area contributed by atoms with Crippen LogP contribution in [-0.2, 0) is 22.4 Å². The number of hydrogen-bond acceptors (Lipinski definition) is 6. The van der Waals surface area contributed by atoms with Gasteiger partial charge in [-0.2, -0.15) is 0 Å². The number of amides is 1. The summed E-state index contributed by atoms with van der Waals surface area (Å²) in [7, 11) is 1.51. The van der Waals surface area contributed by atoms with Crippen molar-refractivity contribution in [3.63, 3.8) is 0 Å². The Bertz CT molecular complexity index is 1430. The average Bonchev–Trinajstić information content (AvgIpc) is 3.18. The van der Waals surface area contributed by atoms with E-state index in [1.54, 1.807) is 19.2 Å². The normalized spacial score (nSPS) is 12.1. The smallest absolute Gasteiger partial charge is 0.340 e. The van der Waals surface area contributed by atoms with Crippen LogP contribution in [0.3, 0.4) is 0 Å². The highest BCUT2D eigenvalue weighted by Crippen LogP contribution is 2.30. The predicted molar refractivity (Wildman–Crippen MR) is 121 cm³/mol. The van der Waals surface area contributed by atoms with Crippen LogP contribution >= 0.6 is 0 Å². The number of aryl methyl sites for hydroxylation is 2. The molecule has 1 amide bonds. The Labute approximate surface area is 189 Å². The molecule has 4 rings (SSSR count). The molecule has 2 aromatic carbocycles. The van der Waals surface area contributed by atoms with Crippen LogP contribution in [0.1, 0.15) is 22.3 Å². The van der Waals surface area contributed by atoms with Crippen LogP contribution in [0.25, 0.3) is 21.9 Å². The summed E-state index contributed by atoms with van der Waals surface area (Å²) in [5.74, 6) is -1.50. The van der Waals surface area contributed by atoms with Crippen molar-refractivity contribution >= 4 is 33.7 Å². The van der Waals surface area contributed by atoms with Crippen LogP contribution in [0.15, 0.2) is 51.8 Å². The van der Waals surface area contributed by atoms with Gasteiger partial charge in [-0.3, -0.25) is 4.79 Å². The van der Waals surface area contributed by atoms with Gasteiger partial charge in [0, 0.05) is 23.5 Å². The lowest BCUT2D eigenvalue weighted by Crippen LogP contribution is -2.49. The maximum atomic E-state index is 12.7. The lowest BCUT2D eigenvalue weighted by Gasteiger charge is -2.20. The molecule has 4 aromatic rings. The lowest BCUT2D eigenvalue weighted by molar-refractivity contribution is -0.308. The monoisotopic (exact) mass is 447 g/mol. The van der Waals surface area contributed by atoms with Crippen LogP contribution in [0.2, 0.25) is 0 Å². The van der Waals surface area contributed by atoms with Crippen molar-refractivity contribution in [3.05, 3.63) is 75.3 Å². The second-order valence-electron chi connectivity index (χ2n) is 8.01. The van der Waals surface area contributed by atoms with Gasteiger partial charge < -0.3 is 29.4 Å². The van der Waals surface area contributed by atoms with Crippen LogP contribution < -0.4 is 20.8 Å². The van der Waals surface area contributed by atoms with Crippen LogP contribution in [0, 0.1) is 13.8 Å². The first kappa shape index (κ1) is 22.1. The number of carboxylic acids is 1. The van der Waals surface area contributed by atoms with E-state index < -0.39 is 23.5 Å². The number of rotatable bonds is 7. The van der Waals surface area contributed by atoms with E-state index in [0.717, 1.165) is 22.0 Å². The molecule has 8 heteroatoms. The third kappa shape index (κ3) is 4.32. The molecular formula is C25H23N2O6-. The van der Waals surface area contributed by atoms with Gasteiger partial charge in [0.2, 0.25) is 5.91 Å². The molecule has 0 spiro atoms. The van der Waals surface area contributed by atoms with Gasteiger partial charge >= 0.3 is 5.63 Å². The minimum atomic E-state index is -1.41. The number of methoxy groups -OCH3 is 1. The standard InChI is InChI=1S/C25H24N2O6/c1-13-8-20(32-3)23-14(2)17(25(31)33-21(23)9-13)11-22(28)27-19(24(29)30)10-15-12-26-18-7-5-4-6-16(15)18/h4-9,12,19,26H,10-11H2,1-3H3,(H,27,28)(H,29,30)/p-1/t19-/m0/s1. The summed E-state index contributed by atoms with van der Waals surface area (Å²) in [6.45, 7) is 3.56. The summed E-state index contributed by atoms with van der Waals surface area (Å²) in [5.41, 5.74) is 2.88. The molecule has 0 aliphatic carbocycles. The van der Waals surface area contributed by atoms with Crippen molar-refractivity contribution in [2.24, 2.45) is 0 Å². The Morgan fingerprint density at radius 3 is 2.70 bits per heavy atom. The Morgan fingerprint density at radius 2 is 1.97 bits per heavy atom. The minimum absolute atomic E-state index is 0.0382. The number of carbonyl (C=O) groups excluding carboxylic acids is 2. The Kier molecular flexibility index (Phi) is 5.91. The highest BCUT2D eigenvalue weighted by atomic mass is 16.5. The van der Waals surface area contributed by atoms with Crippen LogP contribution in [0.5, 0.6) is 5.75 Å². The number of aromatic nitrogens is 1. The van der Waals surface area contributed by atoms with Gasteiger partial charge in [0.05, 0.1) is 36.5 Å². The van der Waals surface area contributed by atoms with Crippen molar-refractivity contribution in [1.82, 2.24) is 10.3 Å². The van der Waals surface area contributed by atoms with Gasteiger partial charge in [-0.25, -0.2) is 4.79 Å². The molecule has 33 heavy (non-hydrogen) atoms. The van der Waals surface area contributed by atoms with Gasteiger partial charge in [0.25, 0.3) is 0 Å². The quantitative estimate of drug-likeness (QED) is 0.417. The second kappa shape index (κ2) is 8.82. The third-order valence-electron chi connectivity index (χ3n) is 5.76. The molecule has 0 saturated heterocycles. The zero-order valence-electron chi connectivity index (χ0n) is 18.5. The summed E-state index contributed by atoms with van der Waals surface area (Å²) >= 11 is 0. The third-order valence-corrected chi connectivity index (χ3v) is 5.76. The minimum Gasteiger partial charge on any atom is -0.548 e. The molecule has 0 aliphatic heterocycles. The number of nitrogens with one attached hydrogen (secondary N) is 2. The van der Waals surface area contributed by atoms with Gasteiger partial charge in [0.1, 0.15) is 11.3 Å². The summed E-state index contributed by atoms with van der Waals surface area (Å²) in [4.78, 5) is 40.2. The molecule has 0 saturated carbocycles. The molecule has 0 bridgehead atoms. The number of carboxylic acid groups (broad SMARTS) is 1. The lowest BCUT2D eigenvalue weighted by atomic mass is 10.0. The maximum absolute atomic E-state index is 12.7. The number of aromatic amines is 1. The van der Waals surface area contributed by atoms with E-state index in [4.69, 9.17) is 9.15 Å². The summed E-state index contributed by atoms with van der Waals surface area (Å²) in [6.07, 6.45) is 1.42. The number of para-hydroxylation sites is 1. The molecule has 0 fully saturated rings. The van der Waals surface area contributed by atoms with E-state index in [0.29, 0.717) is 22.3 Å². The van der Waals surface area contributed by atoms with Crippen molar-refractivity contribution in [2.75, 3.05) is 7.11 Å². The Balaban J connectivity index is 1.60. The van der Waals surface area contributed by atoms with E-state index in [2.05, 4.69) is 10.3 Å². The van der Waals surface area contributed by atoms with Crippen molar-refractivity contribution < 1.29 is 23.8 Å². The zero-order valence-corrected chi connectivity index (χ0v) is 18.5. The number of ether oxygens (including phenoxy) is 1. The zero-order chi connectivity index (χ0) is 23.7. The fraction of sp³-hybridized carbons (Fsp3) is 0.240. The number of hydrogen-bond donors (Lipinski definition) is 2. The summed E-state index contributed by atoms with van der Waals surface area (Å²) in [5, 5.41) is 15.7. The second-order valence-corrected chi connectivity index (χ2v) is 8.01. The van der Waals surface area contributed by atoms with Crippen LogP contribution in [-0.4, -0.2) is 30.0 Å². The van der Waals surface area contributed by atoms with Crippen molar-refractivity contribution in [1.29, 1.82) is 0 Å². The molecule has 0 radical (unpaired) electrons. The van der Waals surface area contributed by atoms with Gasteiger partial charge in [-0.05, 0) is 48.7 Å². The highest BCUT2D eigenvalue weighted by molar-refractivity contribution is 5.91. The molecule has 2 heterocycles. The first-order valence-corrected chi connectivity index (χ1v) is 10.4. The maximum Gasteiger partial charge on any atom is 0.340 e. The number of carbonyl (C=O) groups is 2. The molecule has 170 valence electrons. The molecular weight excluding hydrogens is 424 g/mol. The number of benzene rings is 2.